The van der Waals surface area contributed by atoms with Crippen molar-refractivity contribution in [2.45, 2.75) is 62.8 Å². The number of halogens is 1. The second-order valence-corrected chi connectivity index (χ2v) is 12.8. The van der Waals surface area contributed by atoms with E-state index in [9.17, 15) is 29.6 Å². The number of nitriles is 1. The average Bonchev–Trinajstić information content (AvgIpc) is 3.34. The van der Waals surface area contributed by atoms with Gasteiger partial charge in [0.1, 0.15) is 53.1 Å². The van der Waals surface area contributed by atoms with Crippen LogP contribution in [0.15, 0.2) is 16.9 Å². The smallest absolute Gasteiger partial charge is 0.450 e. The first-order valence-corrected chi connectivity index (χ1v) is 14.2. The van der Waals surface area contributed by atoms with Gasteiger partial charge in [0.05, 0.1) is 19.8 Å². The molecule has 0 aromatic carbocycles. The largest absolute Gasteiger partial charge is 0.506 e. The number of rotatable bonds is 12. The molecule has 3 heterocycles. The molecule has 0 saturated carbocycles. The van der Waals surface area contributed by atoms with Crippen molar-refractivity contribution in [1.82, 2.24) is 14.6 Å². The van der Waals surface area contributed by atoms with E-state index < -0.39 is 75.1 Å². The standard InChI is InChI=1S/C22H29BrN5O13P/c1-20(2,40-18(31)32)8-37-42(35,38-9-21(3,4)41-19(33)34)36-6-13-14(29)16(30)22(7-24,39-13)15-11(23)5-12-17(25)26-10-27-28(12)15/h5,10,13-14,16,29-30H,6,8-9H2,1-4H3,(H,31,32)(H,33,34)(H2,25,26,27)/t13-,14-,16-,22+/m1/s1. The number of hydrogen-bond acceptors (Lipinski definition) is 15. The number of ether oxygens (including phenoxy) is 3. The summed E-state index contributed by atoms with van der Waals surface area (Å²) in [4.78, 5) is 25.8. The maximum Gasteiger partial charge on any atom is 0.506 e. The van der Waals surface area contributed by atoms with E-state index in [0.29, 0.717) is 0 Å². The molecule has 0 unspecified atom stereocenters. The molecule has 0 spiro atoms. The summed E-state index contributed by atoms with van der Waals surface area (Å²) >= 11 is 3.29. The van der Waals surface area contributed by atoms with Gasteiger partial charge in [-0.25, -0.2) is 23.7 Å². The zero-order chi connectivity index (χ0) is 31.7. The van der Waals surface area contributed by atoms with Crippen LogP contribution in [0.25, 0.3) is 5.52 Å². The Kier molecular flexibility index (Phi) is 9.76. The van der Waals surface area contributed by atoms with Crippen molar-refractivity contribution in [3.05, 3.63) is 22.6 Å². The molecule has 1 aliphatic heterocycles. The first kappa shape index (κ1) is 33.4. The van der Waals surface area contributed by atoms with Gasteiger partial charge >= 0.3 is 20.1 Å². The lowest BCUT2D eigenvalue weighted by Crippen LogP contribution is -2.41. The van der Waals surface area contributed by atoms with Gasteiger partial charge < -0.3 is 40.4 Å². The number of aliphatic hydroxyl groups is 2. The van der Waals surface area contributed by atoms with E-state index in [1.807, 2.05) is 6.07 Å². The van der Waals surface area contributed by atoms with E-state index in [2.05, 4.69) is 35.5 Å². The normalized spacial score (nSPS) is 23.0. The van der Waals surface area contributed by atoms with Gasteiger partial charge in [-0.3, -0.25) is 13.6 Å². The van der Waals surface area contributed by atoms with Crippen molar-refractivity contribution in [2.24, 2.45) is 0 Å². The van der Waals surface area contributed by atoms with Crippen LogP contribution < -0.4 is 5.73 Å². The molecule has 6 N–H and O–H groups in total. The molecule has 18 nitrogen and oxygen atoms in total. The van der Waals surface area contributed by atoms with E-state index in [4.69, 9.17) is 34.3 Å². The summed E-state index contributed by atoms with van der Waals surface area (Å²) in [7, 11) is -4.72. The highest BCUT2D eigenvalue weighted by molar-refractivity contribution is 9.10. The predicted octanol–water partition coefficient (Wildman–Crippen LogP) is 2.02. The van der Waals surface area contributed by atoms with Gasteiger partial charge in [0.2, 0.25) is 5.60 Å². The minimum atomic E-state index is -4.72. The van der Waals surface area contributed by atoms with Crippen molar-refractivity contribution in [3.8, 4) is 6.07 Å². The van der Waals surface area contributed by atoms with Gasteiger partial charge in [-0.2, -0.15) is 10.4 Å². The quantitative estimate of drug-likeness (QED) is 0.158. The van der Waals surface area contributed by atoms with Gasteiger partial charge in [0.25, 0.3) is 0 Å². The average molecular weight is 682 g/mol. The van der Waals surface area contributed by atoms with Crippen LogP contribution in [0.2, 0.25) is 0 Å². The highest BCUT2D eigenvalue weighted by Gasteiger charge is 2.59. The van der Waals surface area contributed by atoms with Crippen LogP contribution in [0, 0.1) is 11.3 Å². The van der Waals surface area contributed by atoms with Crippen LogP contribution in [0.4, 0.5) is 15.4 Å². The molecule has 0 aliphatic carbocycles. The molecule has 42 heavy (non-hydrogen) atoms. The van der Waals surface area contributed by atoms with Crippen molar-refractivity contribution in [1.29, 1.82) is 5.26 Å². The van der Waals surface area contributed by atoms with Gasteiger partial charge in [-0.1, -0.05) is 0 Å². The highest BCUT2D eigenvalue weighted by Crippen LogP contribution is 2.52. The number of phosphoric acid groups is 1. The summed E-state index contributed by atoms with van der Waals surface area (Å²) in [6, 6.07) is 3.33. The Bertz CT molecular complexity index is 1390. The number of carboxylic acid groups (broad SMARTS) is 2. The molecule has 0 amide bonds. The molecular formula is C22H29BrN5O13P. The third-order valence-corrected chi connectivity index (χ3v) is 7.76. The van der Waals surface area contributed by atoms with Gasteiger partial charge in [0.15, 0.2) is 5.82 Å². The zero-order valence-electron chi connectivity index (χ0n) is 22.7. The van der Waals surface area contributed by atoms with E-state index in [0.717, 1.165) is 6.33 Å². The number of carbonyl (C=O) groups is 2. The van der Waals surface area contributed by atoms with Crippen molar-refractivity contribution >= 4 is 47.4 Å². The Morgan fingerprint density at radius 1 is 1.17 bits per heavy atom. The van der Waals surface area contributed by atoms with E-state index in [1.165, 1.54) is 38.3 Å². The lowest BCUT2D eigenvalue weighted by molar-refractivity contribution is -0.0736. The van der Waals surface area contributed by atoms with Crippen molar-refractivity contribution in [2.75, 3.05) is 25.6 Å². The van der Waals surface area contributed by atoms with Crippen LogP contribution in [-0.4, -0.2) is 96.7 Å². The van der Waals surface area contributed by atoms with E-state index >= 15 is 0 Å². The van der Waals surface area contributed by atoms with Crippen LogP contribution in [-0.2, 0) is 37.9 Å². The first-order valence-electron chi connectivity index (χ1n) is 12.0. The van der Waals surface area contributed by atoms with E-state index in [-0.39, 0.29) is 21.5 Å². The maximum atomic E-state index is 13.6. The third kappa shape index (κ3) is 7.27. The number of nitrogens with zero attached hydrogens (tertiary/aromatic N) is 4. The summed E-state index contributed by atoms with van der Waals surface area (Å²) in [5.74, 6) is 0.0535. The van der Waals surface area contributed by atoms with Crippen molar-refractivity contribution < 1.29 is 62.4 Å². The molecule has 1 fully saturated rings. The number of phosphoric ester groups is 1. The lowest BCUT2D eigenvalue weighted by atomic mass is 9.92. The minimum Gasteiger partial charge on any atom is -0.450 e. The molecule has 1 saturated heterocycles. The van der Waals surface area contributed by atoms with Gasteiger partial charge in [-0.15, -0.1) is 0 Å². The third-order valence-electron chi connectivity index (χ3n) is 5.80. The fraction of sp³-hybridized carbons (Fsp3) is 0.591. The molecule has 2 aromatic heterocycles. The number of nitrogens with two attached hydrogens (primary N) is 1. The lowest BCUT2D eigenvalue weighted by Gasteiger charge is -2.29. The van der Waals surface area contributed by atoms with E-state index in [1.54, 1.807) is 0 Å². The summed E-state index contributed by atoms with van der Waals surface area (Å²) < 4.78 is 46.1. The number of fused-ring (bicyclic) bond motifs is 1. The number of nitrogen functional groups attached to an aromatic ring is 1. The number of hydrogen-bond donors (Lipinski definition) is 5. The maximum absolute atomic E-state index is 13.6. The Balaban J connectivity index is 1.87. The molecule has 232 valence electrons. The molecule has 0 radical (unpaired) electrons. The van der Waals surface area contributed by atoms with Crippen LogP contribution in [0.3, 0.4) is 0 Å². The topological polar surface area (TPSA) is 268 Å². The second kappa shape index (κ2) is 12.3. The Morgan fingerprint density at radius 2 is 1.71 bits per heavy atom. The monoisotopic (exact) mass is 681 g/mol. The molecular weight excluding hydrogens is 653 g/mol. The molecule has 0 bridgehead atoms. The van der Waals surface area contributed by atoms with Crippen LogP contribution in [0.1, 0.15) is 33.4 Å². The number of anilines is 1. The first-order chi connectivity index (χ1) is 19.4. The van der Waals surface area contributed by atoms with Gasteiger partial charge in [0, 0.05) is 4.47 Å². The minimum absolute atomic E-state index is 0.0287. The summed E-state index contributed by atoms with van der Waals surface area (Å²) in [6.45, 7) is 3.12. The van der Waals surface area contributed by atoms with Crippen LogP contribution >= 0.6 is 23.8 Å². The van der Waals surface area contributed by atoms with Crippen molar-refractivity contribution in [3.63, 3.8) is 0 Å². The molecule has 3 rings (SSSR count). The molecule has 2 aromatic rings. The van der Waals surface area contributed by atoms with Gasteiger partial charge in [-0.05, 0) is 49.7 Å². The molecule has 4 atom stereocenters. The summed E-state index contributed by atoms with van der Waals surface area (Å²) in [5.41, 5.74) is 0.811. The second-order valence-electron chi connectivity index (χ2n) is 10.3. The molecule has 20 heteroatoms. The number of aromatic nitrogens is 3. The predicted molar refractivity (Wildman–Crippen MR) is 141 cm³/mol. The zero-order valence-corrected chi connectivity index (χ0v) is 25.1. The summed E-state index contributed by atoms with van der Waals surface area (Å²) in [6.07, 6.45) is -7.35. The van der Waals surface area contributed by atoms with Crippen LogP contribution in [0.5, 0.6) is 0 Å². The fourth-order valence-corrected chi connectivity index (χ4v) is 6.06. The summed E-state index contributed by atoms with van der Waals surface area (Å²) in [5, 5.41) is 53.9. The Labute approximate surface area is 246 Å². The Hall–Kier alpha value is -3.08. The Morgan fingerprint density at radius 3 is 2.21 bits per heavy atom. The molecule has 1 aliphatic rings. The number of aliphatic hydroxyl groups excluding tert-OH is 2. The highest BCUT2D eigenvalue weighted by atomic mass is 79.9. The SMILES string of the molecule is CC(C)(COP(=O)(OC[C@H]1O[C@@](C#N)(c2c(Br)cc3c(N)ncnn23)[C@H](O)[C@@H]1O)OCC(C)(C)OC(=O)O)OC(=O)O. The fourth-order valence-electron chi connectivity index (χ4n) is 3.89.